The van der Waals surface area contributed by atoms with Crippen LogP contribution in [0.4, 0.5) is 0 Å². The molecule has 1 amide bonds. The highest BCUT2D eigenvalue weighted by molar-refractivity contribution is 9.10. The number of hydrogen-bond donors (Lipinski definition) is 0. The normalized spacial score (nSPS) is 10.9. The topological polar surface area (TPSA) is 53.3 Å². The van der Waals surface area contributed by atoms with E-state index in [0.29, 0.717) is 13.0 Å². The first-order valence-corrected chi connectivity index (χ1v) is 10.1. The quantitative estimate of drug-likeness (QED) is 0.284. The number of carbonyl (C=O) groups excluding carboxylic acids is 1. The van der Waals surface area contributed by atoms with Gasteiger partial charge in [-0.15, -0.1) is 6.58 Å². The van der Waals surface area contributed by atoms with E-state index in [1.54, 1.807) is 26.2 Å². The van der Waals surface area contributed by atoms with Crippen molar-refractivity contribution in [2.24, 2.45) is 0 Å². The standard InChI is InChI=1S/C22H20Br2N2O2/c1-4-5-17-10-16(11-18(13-25)22(27)26(2)3)12-20(24)21(17)28-14-15-6-8-19(23)9-7-15/h4,6-12H,1,5,14H2,2-3H3/b18-11-. The molecule has 2 rings (SSSR count). The summed E-state index contributed by atoms with van der Waals surface area (Å²) in [6, 6.07) is 13.6. The Balaban J connectivity index is 2.35. The van der Waals surface area contributed by atoms with Crippen LogP contribution in [0.3, 0.4) is 0 Å². The molecule has 144 valence electrons. The maximum Gasteiger partial charge on any atom is 0.264 e. The SMILES string of the molecule is C=CCc1cc(/C=C(/C#N)C(=O)N(C)C)cc(Br)c1OCc1ccc(Br)cc1. The van der Waals surface area contributed by atoms with Crippen molar-refractivity contribution in [3.63, 3.8) is 0 Å². The van der Waals surface area contributed by atoms with E-state index in [1.807, 2.05) is 42.5 Å². The van der Waals surface area contributed by atoms with Crippen LogP contribution in [-0.2, 0) is 17.8 Å². The molecule has 0 heterocycles. The van der Waals surface area contributed by atoms with Gasteiger partial charge in [-0.1, -0.05) is 34.1 Å². The lowest BCUT2D eigenvalue weighted by atomic mass is 10.0. The monoisotopic (exact) mass is 502 g/mol. The van der Waals surface area contributed by atoms with Gasteiger partial charge >= 0.3 is 0 Å². The number of benzene rings is 2. The van der Waals surface area contributed by atoms with Gasteiger partial charge in [-0.25, -0.2) is 0 Å². The van der Waals surface area contributed by atoms with Gasteiger partial charge in [0.15, 0.2) is 0 Å². The third-order valence-corrected chi connectivity index (χ3v) is 4.99. The van der Waals surface area contributed by atoms with E-state index >= 15 is 0 Å². The molecule has 0 fully saturated rings. The fraction of sp³-hybridized carbons (Fsp3) is 0.182. The predicted molar refractivity (Wildman–Crippen MR) is 119 cm³/mol. The van der Waals surface area contributed by atoms with E-state index in [9.17, 15) is 10.1 Å². The summed E-state index contributed by atoms with van der Waals surface area (Å²) in [5.41, 5.74) is 2.78. The maximum atomic E-state index is 12.1. The molecule has 28 heavy (non-hydrogen) atoms. The summed E-state index contributed by atoms with van der Waals surface area (Å²) < 4.78 is 7.82. The number of halogens is 2. The summed E-state index contributed by atoms with van der Waals surface area (Å²) in [5.74, 6) is 0.386. The number of hydrogen-bond acceptors (Lipinski definition) is 3. The summed E-state index contributed by atoms with van der Waals surface area (Å²) in [5, 5.41) is 9.31. The van der Waals surface area contributed by atoms with Gasteiger partial charge < -0.3 is 9.64 Å². The summed E-state index contributed by atoms with van der Waals surface area (Å²) in [6.07, 6.45) is 3.97. The fourth-order valence-electron chi connectivity index (χ4n) is 2.51. The molecular weight excluding hydrogens is 484 g/mol. The summed E-state index contributed by atoms with van der Waals surface area (Å²) in [6.45, 7) is 4.23. The van der Waals surface area contributed by atoms with Gasteiger partial charge in [0.05, 0.1) is 4.47 Å². The molecule has 0 aliphatic rings. The molecule has 0 atom stereocenters. The first kappa shape index (κ1) is 21.9. The minimum atomic E-state index is -0.334. The van der Waals surface area contributed by atoms with Gasteiger partial charge in [-0.3, -0.25) is 4.79 Å². The Kier molecular flexibility index (Phi) is 8.04. The highest BCUT2D eigenvalue weighted by Crippen LogP contribution is 2.33. The number of amides is 1. The van der Waals surface area contributed by atoms with Gasteiger partial charge in [-0.05, 0) is 69.4 Å². The summed E-state index contributed by atoms with van der Waals surface area (Å²) in [4.78, 5) is 13.5. The lowest BCUT2D eigenvalue weighted by molar-refractivity contribution is -0.124. The second-order valence-corrected chi connectivity index (χ2v) is 8.04. The zero-order valence-corrected chi connectivity index (χ0v) is 18.9. The minimum absolute atomic E-state index is 0.0741. The van der Waals surface area contributed by atoms with Crippen LogP contribution in [0.15, 0.2) is 63.6 Å². The van der Waals surface area contributed by atoms with E-state index in [-0.39, 0.29) is 11.5 Å². The van der Waals surface area contributed by atoms with Gasteiger partial charge in [0, 0.05) is 18.6 Å². The lowest BCUT2D eigenvalue weighted by Gasteiger charge is -2.14. The number of carbonyl (C=O) groups is 1. The van der Waals surface area contributed by atoms with Gasteiger partial charge in [0.2, 0.25) is 0 Å². The van der Waals surface area contributed by atoms with E-state index < -0.39 is 0 Å². The molecule has 0 N–H and O–H groups in total. The summed E-state index contributed by atoms with van der Waals surface area (Å²) in [7, 11) is 3.23. The molecule has 0 spiro atoms. The van der Waals surface area contributed by atoms with Crippen molar-refractivity contribution in [1.82, 2.24) is 4.90 Å². The Morgan fingerprint density at radius 3 is 2.50 bits per heavy atom. The molecule has 0 unspecified atom stereocenters. The highest BCUT2D eigenvalue weighted by Gasteiger charge is 2.14. The number of ether oxygens (including phenoxy) is 1. The molecule has 0 radical (unpaired) electrons. The van der Waals surface area contributed by atoms with Crippen molar-refractivity contribution in [2.75, 3.05) is 14.1 Å². The second kappa shape index (κ2) is 10.3. The Morgan fingerprint density at radius 2 is 1.93 bits per heavy atom. The Labute approximate surface area is 182 Å². The first-order chi connectivity index (χ1) is 13.3. The highest BCUT2D eigenvalue weighted by atomic mass is 79.9. The molecule has 0 saturated heterocycles. The number of likely N-dealkylation sites (N-methyl/N-ethyl adjacent to an activating group) is 1. The maximum absolute atomic E-state index is 12.1. The second-order valence-electron chi connectivity index (χ2n) is 6.27. The molecule has 0 bridgehead atoms. The van der Waals surface area contributed by atoms with Crippen molar-refractivity contribution >= 4 is 43.8 Å². The smallest absolute Gasteiger partial charge is 0.264 e. The number of allylic oxidation sites excluding steroid dienone is 1. The van der Waals surface area contributed by atoms with Crippen molar-refractivity contribution in [2.45, 2.75) is 13.0 Å². The van der Waals surface area contributed by atoms with Crippen LogP contribution in [-0.4, -0.2) is 24.9 Å². The van der Waals surface area contributed by atoms with Crippen LogP contribution in [0, 0.1) is 11.3 Å². The van der Waals surface area contributed by atoms with E-state index in [0.717, 1.165) is 31.4 Å². The average molecular weight is 504 g/mol. The molecule has 0 aromatic heterocycles. The molecule has 0 aliphatic carbocycles. The third-order valence-electron chi connectivity index (χ3n) is 3.87. The summed E-state index contributed by atoms with van der Waals surface area (Å²) >= 11 is 6.98. The van der Waals surface area contributed by atoms with Gasteiger partial charge in [0.25, 0.3) is 5.91 Å². The number of rotatable bonds is 7. The van der Waals surface area contributed by atoms with Crippen LogP contribution in [0.5, 0.6) is 5.75 Å². The van der Waals surface area contributed by atoms with Gasteiger partial charge in [0.1, 0.15) is 24.0 Å². The fourth-order valence-corrected chi connectivity index (χ4v) is 3.41. The number of nitrogens with zero attached hydrogens (tertiary/aromatic N) is 2. The average Bonchev–Trinajstić information content (AvgIpc) is 2.66. The Bertz CT molecular complexity index is 942. The van der Waals surface area contributed by atoms with Crippen LogP contribution >= 0.6 is 31.9 Å². The van der Waals surface area contributed by atoms with Crippen molar-refractivity contribution in [1.29, 1.82) is 5.26 Å². The van der Waals surface area contributed by atoms with E-state index in [1.165, 1.54) is 4.90 Å². The zero-order valence-electron chi connectivity index (χ0n) is 15.7. The molecule has 2 aromatic rings. The van der Waals surface area contributed by atoms with Crippen molar-refractivity contribution in [3.8, 4) is 11.8 Å². The molecule has 0 saturated carbocycles. The Hall–Kier alpha value is -2.36. The van der Waals surface area contributed by atoms with E-state index in [4.69, 9.17) is 4.74 Å². The predicted octanol–water partition coefficient (Wildman–Crippen LogP) is 5.51. The van der Waals surface area contributed by atoms with Crippen LogP contribution in [0.2, 0.25) is 0 Å². The van der Waals surface area contributed by atoms with Crippen LogP contribution < -0.4 is 4.74 Å². The van der Waals surface area contributed by atoms with Crippen LogP contribution in [0.25, 0.3) is 6.08 Å². The minimum Gasteiger partial charge on any atom is -0.487 e. The molecule has 6 heteroatoms. The third kappa shape index (κ3) is 5.82. The van der Waals surface area contributed by atoms with Crippen LogP contribution in [0.1, 0.15) is 16.7 Å². The van der Waals surface area contributed by atoms with Gasteiger partial charge in [-0.2, -0.15) is 5.26 Å². The molecular formula is C22H20Br2N2O2. The molecule has 4 nitrogen and oxygen atoms in total. The van der Waals surface area contributed by atoms with E-state index in [2.05, 4.69) is 38.4 Å². The largest absolute Gasteiger partial charge is 0.487 e. The lowest BCUT2D eigenvalue weighted by Crippen LogP contribution is -2.22. The molecule has 2 aromatic carbocycles. The van der Waals surface area contributed by atoms with Crippen molar-refractivity contribution in [3.05, 3.63) is 80.3 Å². The number of nitriles is 1. The zero-order chi connectivity index (χ0) is 20.7. The molecule has 0 aliphatic heterocycles. The Morgan fingerprint density at radius 1 is 1.25 bits per heavy atom. The first-order valence-electron chi connectivity index (χ1n) is 8.49. The van der Waals surface area contributed by atoms with Crippen molar-refractivity contribution < 1.29 is 9.53 Å².